The Labute approximate surface area is 76.0 Å². The minimum atomic E-state index is -0.660. The minimum absolute atomic E-state index is 0.346. The fraction of sp³-hybridized carbons (Fsp3) is 0.300. The van der Waals surface area contributed by atoms with E-state index in [4.69, 9.17) is 4.74 Å². The molecule has 0 fully saturated rings. The summed E-state index contributed by atoms with van der Waals surface area (Å²) >= 11 is 0. The summed E-state index contributed by atoms with van der Waals surface area (Å²) in [6.07, 6.45) is -1.16. The first kappa shape index (κ1) is 8.26. The summed E-state index contributed by atoms with van der Waals surface area (Å²) in [7, 11) is 0. The largest absolute Gasteiger partial charge is 0.451 e. The fourth-order valence-electron chi connectivity index (χ4n) is 1.53. The third-order valence-electron chi connectivity index (χ3n) is 2.16. The van der Waals surface area contributed by atoms with Crippen LogP contribution in [-0.2, 0) is 4.74 Å². The van der Waals surface area contributed by atoms with E-state index in [9.17, 15) is 9.90 Å². The molecule has 1 aliphatic rings. The van der Waals surface area contributed by atoms with Gasteiger partial charge in [-0.1, -0.05) is 18.2 Å². The topological polar surface area (TPSA) is 46.5 Å². The first-order valence-corrected chi connectivity index (χ1v) is 4.18. The number of aliphatic hydroxyl groups is 1. The Balaban J connectivity index is 2.47. The van der Waals surface area contributed by atoms with Crippen LogP contribution in [0.25, 0.3) is 0 Å². The Bertz CT molecular complexity index is 344. The highest BCUT2D eigenvalue weighted by Gasteiger charge is 2.33. The molecule has 0 unspecified atom stereocenters. The van der Waals surface area contributed by atoms with E-state index < -0.39 is 12.2 Å². The zero-order chi connectivity index (χ0) is 9.42. The molecule has 1 aliphatic heterocycles. The third-order valence-corrected chi connectivity index (χ3v) is 2.16. The van der Waals surface area contributed by atoms with Crippen LogP contribution in [0.4, 0.5) is 0 Å². The molecule has 0 saturated carbocycles. The lowest BCUT2D eigenvalue weighted by atomic mass is 10.0. The second-order valence-electron chi connectivity index (χ2n) is 3.15. The highest BCUT2D eigenvalue weighted by atomic mass is 16.6. The molecule has 1 N–H and O–H groups in total. The summed E-state index contributed by atoms with van der Waals surface area (Å²) in [6, 6.07) is 7.12. The van der Waals surface area contributed by atoms with E-state index in [0.29, 0.717) is 5.56 Å². The van der Waals surface area contributed by atoms with Crippen LogP contribution in [-0.4, -0.2) is 17.2 Å². The maximum absolute atomic E-state index is 11.2. The van der Waals surface area contributed by atoms with E-state index in [1.807, 2.05) is 6.07 Å². The van der Waals surface area contributed by atoms with Crippen LogP contribution in [0.15, 0.2) is 24.3 Å². The number of esters is 1. The van der Waals surface area contributed by atoms with E-state index in [-0.39, 0.29) is 5.97 Å². The van der Waals surface area contributed by atoms with Gasteiger partial charge in [-0.3, -0.25) is 0 Å². The van der Waals surface area contributed by atoms with Crippen molar-refractivity contribution in [3.63, 3.8) is 0 Å². The van der Waals surface area contributed by atoms with Crippen molar-refractivity contribution in [3.8, 4) is 0 Å². The molecule has 68 valence electrons. The highest BCUT2D eigenvalue weighted by Crippen LogP contribution is 2.32. The van der Waals surface area contributed by atoms with Crippen LogP contribution >= 0.6 is 0 Å². The van der Waals surface area contributed by atoms with E-state index in [1.165, 1.54) is 0 Å². The molecule has 1 heterocycles. The van der Waals surface area contributed by atoms with Crippen LogP contribution in [0.3, 0.4) is 0 Å². The van der Waals surface area contributed by atoms with Gasteiger partial charge in [-0.15, -0.1) is 0 Å². The van der Waals surface area contributed by atoms with Crippen LogP contribution in [0.5, 0.6) is 0 Å². The number of cyclic esters (lactones) is 1. The summed E-state index contributed by atoms with van der Waals surface area (Å²) in [4.78, 5) is 11.2. The Morgan fingerprint density at radius 3 is 2.85 bits per heavy atom. The monoisotopic (exact) mass is 178 g/mol. The van der Waals surface area contributed by atoms with Gasteiger partial charge >= 0.3 is 5.97 Å². The average Bonchev–Trinajstić information content (AvgIpc) is 2.45. The van der Waals surface area contributed by atoms with Gasteiger partial charge in [0.1, 0.15) is 0 Å². The van der Waals surface area contributed by atoms with Crippen molar-refractivity contribution < 1.29 is 14.6 Å². The number of carbonyl (C=O) groups is 1. The standard InChI is InChI=1S/C10H10O3/c1-6(11)9-7-4-2-3-5-8(7)10(12)13-9/h2-6,9,11H,1H3/t6-,9-/m0/s1. The number of aliphatic hydroxyl groups excluding tert-OH is 1. The van der Waals surface area contributed by atoms with Gasteiger partial charge in [0.25, 0.3) is 0 Å². The predicted octanol–water partition coefficient (Wildman–Crippen LogP) is 1.28. The van der Waals surface area contributed by atoms with E-state index in [0.717, 1.165) is 5.56 Å². The first-order valence-electron chi connectivity index (χ1n) is 4.18. The predicted molar refractivity (Wildman–Crippen MR) is 46.3 cm³/mol. The second-order valence-corrected chi connectivity index (χ2v) is 3.15. The number of hydrogen-bond donors (Lipinski definition) is 1. The van der Waals surface area contributed by atoms with Crippen molar-refractivity contribution in [2.45, 2.75) is 19.1 Å². The summed E-state index contributed by atoms with van der Waals surface area (Å²) in [5.74, 6) is -0.346. The molecule has 3 heteroatoms. The smallest absolute Gasteiger partial charge is 0.339 e. The Morgan fingerprint density at radius 2 is 2.15 bits per heavy atom. The molecule has 0 amide bonds. The number of rotatable bonds is 1. The van der Waals surface area contributed by atoms with Gasteiger partial charge in [-0.25, -0.2) is 4.79 Å². The summed E-state index contributed by atoms with van der Waals surface area (Å²) in [5.41, 5.74) is 1.34. The molecule has 1 aromatic rings. The molecule has 0 aromatic heterocycles. The fourth-order valence-corrected chi connectivity index (χ4v) is 1.53. The molecule has 0 saturated heterocycles. The summed E-state index contributed by atoms with van der Waals surface area (Å²) in [6.45, 7) is 1.61. The van der Waals surface area contributed by atoms with Crippen molar-refractivity contribution in [1.29, 1.82) is 0 Å². The molecule has 2 rings (SSSR count). The van der Waals surface area contributed by atoms with Gasteiger partial charge in [-0.2, -0.15) is 0 Å². The lowest BCUT2D eigenvalue weighted by Gasteiger charge is -2.12. The molecule has 0 aliphatic carbocycles. The Morgan fingerprint density at radius 1 is 1.46 bits per heavy atom. The maximum Gasteiger partial charge on any atom is 0.339 e. The van der Waals surface area contributed by atoms with Gasteiger partial charge in [0, 0.05) is 5.56 Å². The van der Waals surface area contributed by atoms with Gasteiger partial charge in [0.2, 0.25) is 0 Å². The number of hydrogen-bond acceptors (Lipinski definition) is 3. The molecular weight excluding hydrogens is 168 g/mol. The molecule has 0 spiro atoms. The second kappa shape index (κ2) is 2.85. The van der Waals surface area contributed by atoms with Crippen LogP contribution in [0.2, 0.25) is 0 Å². The van der Waals surface area contributed by atoms with Gasteiger partial charge in [0.05, 0.1) is 11.7 Å². The lowest BCUT2D eigenvalue weighted by Crippen LogP contribution is -2.14. The summed E-state index contributed by atoms with van der Waals surface area (Å²) in [5, 5.41) is 9.34. The van der Waals surface area contributed by atoms with E-state index in [2.05, 4.69) is 0 Å². The molecule has 13 heavy (non-hydrogen) atoms. The van der Waals surface area contributed by atoms with Gasteiger partial charge < -0.3 is 9.84 Å². The molecular formula is C10H10O3. The lowest BCUT2D eigenvalue weighted by molar-refractivity contribution is -0.00273. The quantitative estimate of drug-likeness (QED) is 0.659. The van der Waals surface area contributed by atoms with Crippen LogP contribution in [0.1, 0.15) is 28.9 Å². The minimum Gasteiger partial charge on any atom is -0.451 e. The Kier molecular flexibility index (Phi) is 1.81. The number of fused-ring (bicyclic) bond motifs is 1. The van der Waals surface area contributed by atoms with Crippen LogP contribution < -0.4 is 0 Å². The zero-order valence-electron chi connectivity index (χ0n) is 7.23. The van der Waals surface area contributed by atoms with Crippen molar-refractivity contribution in [1.82, 2.24) is 0 Å². The van der Waals surface area contributed by atoms with Crippen molar-refractivity contribution in [2.75, 3.05) is 0 Å². The normalized spacial score (nSPS) is 22.3. The Hall–Kier alpha value is -1.35. The number of ether oxygens (including phenoxy) is 1. The third kappa shape index (κ3) is 1.21. The molecule has 1 aromatic carbocycles. The molecule has 0 radical (unpaired) electrons. The van der Waals surface area contributed by atoms with Crippen LogP contribution in [0, 0.1) is 0 Å². The van der Waals surface area contributed by atoms with E-state index in [1.54, 1.807) is 25.1 Å². The van der Waals surface area contributed by atoms with Crippen molar-refractivity contribution in [2.24, 2.45) is 0 Å². The molecule has 3 nitrogen and oxygen atoms in total. The maximum atomic E-state index is 11.2. The van der Waals surface area contributed by atoms with Crippen molar-refractivity contribution >= 4 is 5.97 Å². The summed E-state index contributed by atoms with van der Waals surface area (Å²) < 4.78 is 5.00. The van der Waals surface area contributed by atoms with Crippen molar-refractivity contribution in [3.05, 3.63) is 35.4 Å². The molecule has 0 bridgehead atoms. The average molecular weight is 178 g/mol. The SMILES string of the molecule is C[C@H](O)[C@@H]1OC(=O)c2ccccc21. The zero-order valence-corrected chi connectivity index (χ0v) is 7.23. The van der Waals surface area contributed by atoms with Gasteiger partial charge in [-0.05, 0) is 13.0 Å². The first-order chi connectivity index (χ1) is 6.20. The number of benzene rings is 1. The van der Waals surface area contributed by atoms with E-state index >= 15 is 0 Å². The highest BCUT2D eigenvalue weighted by molar-refractivity contribution is 5.94. The van der Waals surface area contributed by atoms with Gasteiger partial charge in [0.15, 0.2) is 6.10 Å². The molecule has 2 atom stereocenters. The number of carbonyl (C=O) groups excluding carboxylic acids is 1.